The van der Waals surface area contributed by atoms with Crippen LogP contribution >= 0.6 is 0 Å². The molecule has 0 radical (unpaired) electrons. The molecule has 1 aliphatic heterocycles. The topological polar surface area (TPSA) is 137 Å². The number of anilines is 1. The van der Waals surface area contributed by atoms with Gasteiger partial charge in [-0.25, -0.2) is 15.0 Å². The first-order chi connectivity index (χ1) is 16.2. The maximum Gasteiger partial charge on any atom is 0.417 e. The van der Waals surface area contributed by atoms with Gasteiger partial charge in [-0.1, -0.05) is 0 Å². The standard InChI is InChI=1S/C22H23F3N8O/c1-12(13-2-4-33(5-3-13)18(34)8-27)31-21-30-9-14(7-26)19(32-21)17-11-29-20-16(17)6-15(10-28-20)22(23,24)25/h6,9-13H,2-5,8,27H2,1H3,(H,28,29)(H,30,31,32). The zero-order valence-corrected chi connectivity index (χ0v) is 18.4. The summed E-state index contributed by atoms with van der Waals surface area (Å²) in [4.78, 5) is 28.9. The van der Waals surface area contributed by atoms with Gasteiger partial charge < -0.3 is 20.9 Å². The van der Waals surface area contributed by atoms with Gasteiger partial charge >= 0.3 is 6.18 Å². The number of H-pyrrole nitrogens is 1. The summed E-state index contributed by atoms with van der Waals surface area (Å²) in [7, 11) is 0. The molecule has 4 heterocycles. The Morgan fingerprint density at radius 2 is 2.09 bits per heavy atom. The number of nitriles is 1. The van der Waals surface area contributed by atoms with Gasteiger partial charge in [0.05, 0.1) is 29.6 Å². The number of alkyl halides is 3. The number of amides is 1. The molecule has 1 amide bonds. The van der Waals surface area contributed by atoms with Crippen LogP contribution in [0.25, 0.3) is 22.3 Å². The van der Waals surface area contributed by atoms with E-state index < -0.39 is 11.7 Å². The molecule has 1 unspecified atom stereocenters. The number of hydrogen-bond donors (Lipinski definition) is 3. The molecule has 3 aromatic rings. The van der Waals surface area contributed by atoms with Crippen LogP contribution in [-0.2, 0) is 11.0 Å². The van der Waals surface area contributed by atoms with Crippen molar-refractivity contribution in [2.75, 3.05) is 25.0 Å². The molecule has 3 aromatic heterocycles. The molecule has 0 bridgehead atoms. The second-order valence-corrected chi connectivity index (χ2v) is 8.24. The molecule has 0 spiro atoms. The average molecular weight is 472 g/mol. The zero-order chi connectivity index (χ0) is 24.5. The first-order valence-electron chi connectivity index (χ1n) is 10.8. The molecule has 178 valence electrons. The number of likely N-dealkylation sites (tertiary alicyclic amines) is 1. The number of hydrogen-bond acceptors (Lipinski definition) is 7. The molecule has 0 saturated carbocycles. The van der Waals surface area contributed by atoms with Crippen LogP contribution < -0.4 is 11.1 Å². The molecule has 0 aromatic carbocycles. The van der Waals surface area contributed by atoms with Crippen molar-refractivity contribution >= 4 is 22.9 Å². The number of nitrogens with one attached hydrogen (secondary N) is 2. The summed E-state index contributed by atoms with van der Waals surface area (Å²) >= 11 is 0. The number of rotatable bonds is 5. The highest BCUT2D eigenvalue weighted by molar-refractivity contribution is 5.94. The Labute approximate surface area is 193 Å². The van der Waals surface area contributed by atoms with E-state index in [1.807, 2.05) is 13.0 Å². The Kier molecular flexibility index (Phi) is 6.39. The maximum atomic E-state index is 13.2. The Morgan fingerprint density at radius 3 is 2.74 bits per heavy atom. The third-order valence-corrected chi connectivity index (χ3v) is 6.15. The highest BCUT2D eigenvalue weighted by Gasteiger charge is 2.32. The predicted octanol–water partition coefficient (Wildman–Crippen LogP) is 2.91. The van der Waals surface area contributed by atoms with Gasteiger partial charge in [0.25, 0.3) is 0 Å². The number of aromatic amines is 1. The Balaban J connectivity index is 1.59. The average Bonchev–Trinajstić information content (AvgIpc) is 3.26. The van der Waals surface area contributed by atoms with Gasteiger partial charge in [-0.05, 0) is 31.7 Å². The van der Waals surface area contributed by atoms with Gasteiger partial charge in [-0.2, -0.15) is 18.4 Å². The van der Waals surface area contributed by atoms with Crippen LogP contribution in [0.4, 0.5) is 19.1 Å². The van der Waals surface area contributed by atoms with Gasteiger partial charge in [-0.3, -0.25) is 4.79 Å². The number of nitrogens with zero attached hydrogens (tertiary/aromatic N) is 5. The normalized spacial score (nSPS) is 15.8. The lowest BCUT2D eigenvalue weighted by Gasteiger charge is -2.35. The summed E-state index contributed by atoms with van der Waals surface area (Å²) in [5.74, 6) is 0.452. The van der Waals surface area contributed by atoms with E-state index in [0.717, 1.165) is 25.1 Å². The third-order valence-electron chi connectivity index (χ3n) is 6.15. The fourth-order valence-corrected chi connectivity index (χ4v) is 4.19. The van der Waals surface area contributed by atoms with Crippen molar-refractivity contribution in [3.8, 4) is 17.3 Å². The van der Waals surface area contributed by atoms with E-state index >= 15 is 0 Å². The van der Waals surface area contributed by atoms with Crippen molar-refractivity contribution < 1.29 is 18.0 Å². The number of carbonyl (C=O) groups excluding carboxylic acids is 1. The monoisotopic (exact) mass is 472 g/mol. The summed E-state index contributed by atoms with van der Waals surface area (Å²) in [5.41, 5.74) is 5.48. The number of pyridine rings is 1. The van der Waals surface area contributed by atoms with Crippen LogP contribution in [0, 0.1) is 17.2 Å². The van der Waals surface area contributed by atoms with Crippen LogP contribution in [0.3, 0.4) is 0 Å². The molecule has 34 heavy (non-hydrogen) atoms. The molecule has 9 nitrogen and oxygen atoms in total. The van der Waals surface area contributed by atoms with E-state index in [2.05, 4.69) is 25.3 Å². The minimum Gasteiger partial charge on any atom is -0.351 e. The van der Waals surface area contributed by atoms with Crippen molar-refractivity contribution in [3.05, 3.63) is 35.8 Å². The van der Waals surface area contributed by atoms with Crippen LogP contribution in [0.1, 0.15) is 30.9 Å². The smallest absolute Gasteiger partial charge is 0.351 e. The molecular weight excluding hydrogens is 449 g/mol. The minimum absolute atomic E-state index is 0.00580. The van der Waals surface area contributed by atoms with E-state index in [1.165, 1.54) is 12.4 Å². The lowest BCUT2D eigenvalue weighted by atomic mass is 9.90. The SMILES string of the molecule is CC(Nc1ncc(C#N)c(-c2c[nH]c3ncc(C(F)(F)F)cc23)n1)C1CCN(C(=O)CN)CC1. The summed E-state index contributed by atoms with van der Waals surface area (Å²) in [6.07, 6.45) is 0.619. The molecule has 1 atom stereocenters. The Bertz CT molecular complexity index is 1240. The van der Waals surface area contributed by atoms with Crippen molar-refractivity contribution in [3.63, 3.8) is 0 Å². The van der Waals surface area contributed by atoms with E-state index in [4.69, 9.17) is 5.73 Å². The van der Waals surface area contributed by atoms with Crippen LogP contribution in [0.15, 0.2) is 24.7 Å². The first-order valence-corrected chi connectivity index (χ1v) is 10.8. The molecule has 1 aliphatic rings. The minimum atomic E-state index is -4.55. The number of carbonyl (C=O) groups is 1. The first kappa shape index (κ1) is 23.4. The summed E-state index contributed by atoms with van der Waals surface area (Å²) in [6.45, 7) is 3.22. The van der Waals surface area contributed by atoms with E-state index in [9.17, 15) is 23.2 Å². The number of fused-ring (bicyclic) bond motifs is 1. The van der Waals surface area contributed by atoms with E-state index in [1.54, 1.807) is 4.90 Å². The molecule has 0 aliphatic carbocycles. The van der Waals surface area contributed by atoms with Crippen molar-refractivity contribution in [1.82, 2.24) is 24.8 Å². The second kappa shape index (κ2) is 9.26. The maximum absolute atomic E-state index is 13.2. The largest absolute Gasteiger partial charge is 0.417 e. The summed E-state index contributed by atoms with van der Waals surface area (Å²) < 4.78 is 39.6. The number of aromatic nitrogens is 4. The lowest BCUT2D eigenvalue weighted by molar-refractivity contribution is -0.137. The fraction of sp³-hybridized carbons (Fsp3) is 0.409. The van der Waals surface area contributed by atoms with E-state index in [0.29, 0.717) is 18.7 Å². The van der Waals surface area contributed by atoms with Gasteiger partial charge in [0.1, 0.15) is 11.7 Å². The number of halogens is 3. The van der Waals surface area contributed by atoms with Gasteiger partial charge in [-0.15, -0.1) is 0 Å². The quantitative estimate of drug-likeness (QED) is 0.519. The van der Waals surface area contributed by atoms with E-state index in [-0.39, 0.29) is 52.7 Å². The molecular formula is C22H23F3N8O. The molecule has 1 fully saturated rings. The summed E-state index contributed by atoms with van der Waals surface area (Å²) in [6, 6.07) is 2.96. The van der Waals surface area contributed by atoms with Crippen molar-refractivity contribution in [2.45, 2.75) is 32.0 Å². The van der Waals surface area contributed by atoms with Crippen LogP contribution in [0.2, 0.25) is 0 Å². The number of piperidine rings is 1. The Morgan fingerprint density at radius 1 is 1.35 bits per heavy atom. The van der Waals surface area contributed by atoms with Crippen LogP contribution in [-0.4, -0.2) is 56.4 Å². The molecule has 4 N–H and O–H groups in total. The highest BCUT2D eigenvalue weighted by Crippen LogP contribution is 2.35. The van der Waals surface area contributed by atoms with Gasteiger partial charge in [0.15, 0.2) is 0 Å². The van der Waals surface area contributed by atoms with Gasteiger partial charge in [0.2, 0.25) is 11.9 Å². The predicted molar refractivity (Wildman–Crippen MR) is 118 cm³/mol. The lowest BCUT2D eigenvalue weighted by Crippen LogP contribution is -2.44. The highest BCUT2D eigenvalue weighted by atomic mass is 19.4. The zero-order valence-electron chi connectivity index (χ0n) is 18.4. The van der Waals surface area contributed by atoms with Gasteiger partial charge in [0, 0.05) is 42.5 Å². The Hall–Kier alpha value is -3.72. The molecule has 1 saturated heterocycles. The van der Waals surface area contributed by atoms with Crippen molar-refractivity contribution in [1.29, 1.82) is 5.26 Å². The third kappa shape index (κ3) is 4.65. The van der Waals surface area contributed by atoms with Crippen molar-refractivity contribution in [2.24, 2.45) is 11.7 Å². The number of nitrogens with two attached hydrogens (primary N) is 1. The molecule has 12 heteroatoms. The molecule has 4 rings (SSSR count). The second-order valence-electron chi connectivity index (χ2n) is 8.24. The fourth-order valence-electron chi connectivity index (χ4n) is 4.19. The summed E-state index contributed by atoms with van der Waals surface area (Å²) in [5, 5.41) is 13.0. The van der Waals surface area contributed by atoms with Crippen LogP contribution in [0.5, 0.6) is 0 Å².